The van der Waals surface area contributed by atoms with Crippen LogP contribution in [0.15, 0.2) is 30.6 Å². The number of aromatic nitrogens is 2. The number of aryl methyl sites for hydroxylation is 3. The SMILES string of the molecule is CCc1cc(CC)cc(NC(=O)[NH+]([O-])S(=O)(=O)N(c2cnn(C)c2)C2CCOCC2)c1. The van der Waals surface area contributed by atoms with Gasteiger partial charge in [-0.2, -0.15) is 18.0 Å². The van der Waals surface area contributed by atoms with Gasteiger partial charge in [0.2, 0.25) is 0 Å². The first-order valence-electron chi connectivity index (χ1n) is 10.3. The lowest BCUT2D eigenvalue weighted by Crippen LogP contribution is -3.14. The minimum Gasteiger partial charge on any atom is -0.608 e. The largest absolute Gasteiger partial charge is 0.608 e. The number of rotatable bonds is 7. The molecule has 1 aliphatic rings. The molecule has 0 bridgehead atoms. The first-order valence-corrected chi connectivity index (χ1v) is 11.8. The molecule has 1 saturated heterocycles. The second-order valence-corrected chi connectivity index (χ2v) is 9.22. The molecule has 170 valence electrons. The van der Waals surface area contributed by atoms with Crippen molar-refractivity contribution in [3.8, 4) is 0 Å². The maximum absolute atomic E-state index is 13.3. The zero-order chi connectivity index (χ0) is 22.6. The van der Waals surface area contributed by atoms with Gasteiger partial charge in [0.1, 0.15) is 0 Å². The lowest BCUT2D eigenvalue weighted by atomic mass is 10.1. The number of anilines is 2. The minimum absolute atomic E-state index is 0.247. The van der Waals surface area contributed by atoms with E-state index < -0.39 is 26.8 Å². The molecule has 1 fully saturated rings. The summed E-state index contributed by atoms with van der Waals surface area (Å²) in [5, 5.41) is 19.3. The molecule has 1 aromatic carbocycles. The second kappa shape index (κ2) is 9.77. The van der Waals surface area contributed by atoms with Crippen molar-refractivity contribution in [2.45, 2.75) is 45.6 Å². The fourth-order valence-electron chi connectivity index (χ4n) is 3.62. The third kappa shape index (κ3) is 5.24. The van der Waals surface area contributed by atoms with Gasteiger partial charge in [-0.15, -0.1) is 0 Å². The van der Waals surface area contributed by atoms with E-state index in [0.29, 0.717) is 31.7 Å². The fraction of sp³-hybridized carbons (Fsp3) is 0.500. The predicted molar refractivity (Wildman–Crippen MR) is 117 cm³/mol. The molecule has 1 aromatic heterocycles. The Kier molecular flexibility index (Phi) is 7.31. The molecule has 2 amide bonds. The molecule has 2 N–H and O–H groups in total. The normalized spacial score (nSPS) is 16.1. The van der Waals surface area contributed by atoms with Crippen LogP contribution in [0.4, 0.5) is 16.2 Å². The lowest BCUT2D eigenvalue weighted by Gasteiger charge is -2.35. The Hall–Kier alpha value is -2.47. The van der Waals surface area contributed by atoms with E-state index in [1.165, 1.54) is 17.1 Å². The number of amides is 2. The van der Waals surface area contributed by atoms with Crippen LogP contribution in [0.5, 0.6) is 0 Å². The van der Waals surface area contributed by atoms with Crippen LogP contribution in [0, 0.1) is 5.21 Å². The van der Waals surface area contributed by atoms with E-state index in [2.05, 4.69) is 10.4 Å². The lowest BCUT2D eigenvalue weighted by molar-refractivity contribution is -0.604. The van der Waals surface area contributed by atoms with Gasteiger partial charge in [-0.05, 0) is 48.9 Å². The Morgan fingerprint density at radius 3 is 2.39 bits per heavy atom. The molecule has 0 saturated carbocycles. The molecular weight excluding hydrogens is 422 g/mol. The summed E-state index contributed by atoms with van der Waals surface area (Å²) in [6.45, 7) is 4.72. The first kappa shape index (κ1) is 23.2. The van der Waals surface area contributed by atoms with Crippen LogP contribution in [0.2, 0.25) is 0 Å². The van der Waals surface area contributed by atoms with Crippen molar-refractivity contribution in [2.24, 2.45) is 7.05 Å². The average Bonchev–Trinajstić information content (AvgIpc) is 3.18. The number of hydrogen-bond acceptors (Lipinski definition) is 6. The van der Waals surface area contributed by atoms with Gasteiger partial charge in [0, 0.05) is 32.1 Å². The molecule has 2 heterocycles. The number of nitrogens with zero attached hydrogens (tertiary/aromatic N) is 3. The van der Waals surface area contributed by atoms with Crippen LogP contribution < -0.4 is 14.1 Å². The highest BCUT2D eigenvalue weighted by atomic mass is 32.2. The zero-order valence-corrected chi connectivity index (χ0v) is 18.8. The third-order valence-corrected chi connectivity index (χ3v) is 6.95. The number of benzene rings is 1. The van der Waals surface area contributed by atoms with E-state index in [-0.39, 0.29) is 5.69 Å². The highest BCUT2D eigenvalue weighted by molar-refractivity contribution is 7.86. The molecular formula is C20H29N5O5S. The van der Waals surface area contributed by atoms with Gasteiger partial charge in [-0.25, -0.2) is 9.10 Å². The smallest absolute Gasteiger partial charge is 0.436 e. The van der Waals surface area contributed by atoms with Crippen molar-refractivity contribution in [1.82, 2.24) is 9.78 Å². The summed E-state index contributed by atoms with van der Waals surface area (Å²) < 4.78 is 32.8. The summed E-state index contributed by atoms with van der Waals surface area (Å²) in [7, 11) is -2.97. The van der Waals surface area contributed by atoms with Crippen LogP contribution in [-0.2, 0) is 34.8 Å². The van der Waals surface area contributed by atoms with Gasteiger partial charge in [0.05, 0.1) is 17.9 Å². The number of urea groups is 1. The average molecular weight is 452 g/mol. The number of carbonyl (C=O) groups is 1. The number of hydrogen-bond donors (Lipinski definition) is 2. The Bertz CT molecular complexity index is 994. The number of carbonyl (C=O) groups excluding carboxylic acids is 1. The molecule has 2 aromatic rings. The topological polar surface area (TPSA) is 121 Å². The number of hydroxylamine groups is 1. The first-order chi connectivity index (χ1) is 14.8. The monoisotopic (exact) mass is 451 g/mol. The Labute approximate surface area is 182 Å². The minimum atomic E-state index is -4.62. The molecule has 0 aliphatic carbocycles. The second-order valence-electron chi connectivity index (χ2n) is 7.50. The van der Waals surface area contributed by atoms with Crippen LogP contribution in [-0.4, -0.2) is 43.5 Å². The van der Waals surface area contributed by atoms with E-state index in [1.807, 2.05) is 19.9 Å². The number of nitrogens with one attached hydrogen (secondary N) is 2. The van der Waals surface area contributed by atoms with E-state index in [9.17, 15) is 18.4 Å². The van der Waals surface area contributed by atoms with Crippen LogP contribution in [0.25, 0.3) is 0 Å². The molecule has 31 heavy (non-hydrogen) atoms. The van der Waals surface area contributed by atoms with E-state index in [0.717, 1.165) is 28.3 Å². The van der Waals surface area contributed by atoms with Crippen LogP contribution >= 0.6 is 0 Å². The van der Waals surface area contributed by atoms with E-state index >= 15 is 0 Å². The summed E-state index contributed by atoms with van der Waals surface area (Å²) in [5.74, 6) is 0. The molecule has 0 radical (unpaired) electrons. The fourth-order valence-corrected chi connectivity index (χ4v) is 5.06. The van der Waals surface area contributed by atoms with Crippen LogP contribution in [0.3, 0.4) is 0 Å². The van der Waals surface area contributed by atoms with Crippen molar-refractivity contribution in [3.63, 3.8) is 0 Å². The van der Waals surface area contributed by atoms with Gasteiger partial charge in [-0.3, -0.25) is 10.00 Å². The number of quaternary nitrogens is 1. The predicted octanol–water partition coefficient (Wildman–Crippen LogP) is 1.39. The summed E-state index contributed by atoms with van der Waals surface area (Å²) in [4.78, 5) is 12.7. The Balaban J connectivity index is 1.88. The van der Waals surface area contributed by atoms with E-state index in [4.69, 9.17) is 4.74 Å². The zero-order valence-electron chi connectivity index (χ0n) is 18.0. The highest BCUT2D eigenvalue weighted by Gasteiger charge is 2.40. The van der Waals surface area contributed by atoms with Gasteiger partial charge < -0.3 is 9.94 Å². The maximum Gasteiger partial charge on any atom is 0.436 e. The maximum atomic E-state index is 13.3. The van der Waals surface area contributed by atoms with E-state index in [1.54, 1.807) is 19.2 Å². The molecule has 1 atom stereocenters. The standard InChI is InChI=1S/C20H29N5O5S/c1-4-15-10-16(5-2)12-17(11-15)22-20(26)25(27)31(28,29)24(18-6-8-30-9-7-18)19-13-21-23(3)14-19/h10-14,18,25H,4-9H2,1-3H3,(H,22,26). The summed E-state index contributed by atoms with van der Waals surface area (Å²) in [6.07, 6.45) is 5.22. The van der Waals surface area contributed by atoms with Gasteiger partial charge in [0.15, 0.2) is 0 Å². The highest BCUT2D eigenvalue weighted by Crippen LogP contribution is 2.24. The molecule has 0 spiro atoms. The molecule has 10 nitrogen and oxygen atoms in total. The van der Waals surface area contributed by atoms with Crippen molar-refractivity contribution >= 4 is 27.6 Å². The summed E-state index contributed by atoms with van der Waals surface area (Å²) in [5.41, 5.74) is 2.63. The summed E-state index contributed by atoms with van der Waals surface area (Å²) in [6, 6.07) is 3.83. The molecule has 1 unspecified atom stereocenters. The molecule has 3 rings (SSSR count). The van der Waals surface area contributed by atoms with Crippen molar-refractivity contribution < 1.29 is 22.4 Å². The summed E-state index contributed by atoms with van der Waals surface area (Å²) >= 11 is 0. The van der Waals surface area contributed by atoms with Gasteiger partial charge in [-0.1, -0.05) is 19.9 Å². The van der Waals surface area contributed by atoms with Gasteiger partial charge >= 0.3 is 16.2 Å². The Morgan fingerprint density at radius 2 is 1.87 bits per heavy atom. The van der Waals surface area contributed by atoms with Crippen molar-refractivity contribution in [2.75, 3.05) is 22.8 Å². The van der Waals surface area contributed by atoms with Crippen molar-refractivity contribution in [3.05, 3.63) is 46.9 Å². The Morgan fingerprint density at radius 1 is 1.26 bits per heavy atom. The third-order valence-electron chi connectivity index (χ3n) is 5.27. The van der Waals surface area contributed by atoms with Crippen molar-refractivity contribution in [1.29, 1.82) is 0 Å². The molecule has 1 aliphatic heterocycles. The van der Waals surface area contributed by atoms with Gasteiger partial charge in [0.25, 0.3) is 0 Å². The number of ether oxygens (including phenoxy) is 1. The quantitative estimate of drug-likeness (QED) is 0.614. The van der Waals surface area contributed by atoms with Crippen LogP contribution in [0.1, 0.15) is 37.8 Å². The molecule has 11 heteroatoms.